The third-order valence-corrected chi connectivity index (χ3v) is 8.04. The van der Waals surface area contributed by atoms with E-state index in [9.17, 15) is 9.59 Å². The van der Waals surface area contributed by atoms with Crippen molar-refractivity contribution in [1.82, 2.24) is 24.7 Å². The molecule has 0 N–H and O–H groups in total. The summed E-state index contributed by atoms with van der Waals surface area (Å²) in [5, 5.41) is 1.99. The van der Waals surface area contributed by atoms with Crippen molar-refractivity contribution in [2.75, 3.05) is 51.6 Å². The molecule has 30 heavy (non-hydrogen) atoms. The zero-order chi connectivity index (χ0) is 21.3. The number of fused-ring (bicyclic) bond motifs is 1. The Morgan fingerprint density at radius 3 is 2.30 bits per heavy atom. The molecule has 2 amide bonds. The Labute approximate surface area is 185 Å². The maximum Gasteiger partial charge on any atom is 0.236 e. The number of carbonyl (C=O) groups excluding carboxylic acids is 2. The molecule has 2 aromatic heterocycles. The van der Waals surface area contributed by atoms with E-state index in [2.05, 4.69) is 28.7 Å². The number of aromatic nitrogens is 2. The molecule has 0 atom stereocenters. The Bertz CT molecular complexity index is 947. The molecular formula is C21H29N5O2S2. The molecule has 0 aliphatic carbocycles. The zero-order valence-electron chi connectivity index (χ0n) is 17.9. The molecule has 4 rings (SSSR count). The lowest BCUT2D eigenvalue weighted by atomic mass is 10.2. The van der Waals surface area contributed by atoms with Crippen molar-refractivity contribution < 1.29 is 9.59 Å². The van der Waals surface area contributed by atoms with Gasteiger partial charge in [-0.15, -0.1) is 11.3 Å². The second-order valence-corrected chi connectivity index (χ2v) is 10.2. The van der Waals surface area contributed by atoms with Gasteiger partial charge in [0, 0.05) is 49.5 Å². The van der Waals surface area contributed by atoms with Gasteiger partial charge in [0.05, 0.1) is 12.3 Å². The van der Waals surface area contributed by atoms with Crippen LogP contribution in [0.4, 0.5) is 0 Å². The second kappa shape index (κ2) is 9.20. The van der Waals surface area contributed by atoms with Crippen molar-refractivity contribution in [2.45, 2.75) is 38.6 Å². The van der Waals surface area contributed by atoms with E-state index in [1.54, 1.807) is 11.3 Å². The van der Waals surface area contributed by atoms with Crippen LogP contribution in [-0.4, -0.2) is 88.0 Å². The van der Waals surface area contributed by atoms with Crippen molar-refractivity contribution >= 4 is 45.1 Å². The first-order valence-corrected chi connectivity index (χ1v) is 12.4. The van der Waals surface area contributed by atoms with E-state index >= 15 is 0 Å². The standard InChI is InChI=1S/C21H29N5O2S2/c1-14-15(2)30-21-19(14)20(22-16(3)23-21)29-13-18(28)26-10-8-24(9-11-26)12-17(27)25-6-4-5-7-25/h4-13H2,1-3H3. The van der Waals surface area contributed by atoms with Gasteiger partial charge in [-0.3, -0.25) is 14.5 Å². The van der Waals surface area contributed by atoms with Crippen LogP contribution in [-0.2, 0) is 9.59 Å². The molecule has 2 saturated heterocycles. The van der Waals surface area contributed by atoms with Gasteiger partial charge in [0.15, 0.2) is 0 Å². The molecule has 0 aromatic carbocycles. The van der Waals surface area contributed by atoms with Crippen LogP contribution in [0, 0.1) is 20.8 Å². The number of nitrogens with zero attached hydrogens (tertiary/aromatic N) is 5. The summed E-state index contributed by atoms with van der Waals surface area (Å²) in [5.41, 5.74) is 1.21. The van der Waals surface area contributed by atoms with Crippen molar-refractivity contribution in [1.29, 1.82) is 0 Å². The summed E-state index contributed by atoms with van der Waals surface area (Å²) in [7, 11) is 0. The fourth-order valence-electron chi connectivity index (χ4n) is 4.05. The lowest BCUT2D eigenvalue weighted by Crippen LogP contribution is -2.51. The van der Waals surface area contributed by atoms with E-state index in [1.165, 1.54) is 22.2 Å². The molecule has 0 bridgehead atoms. The molecular weight excluding hydrogens is 418 g/mol. The van der Waals surface area contributed by atoms with Crippen LogP contribution >= 0.6 is 23.1 Å². The van der Waals surface area contributed by atoms with Crippen molar-refractivity contribution in [3.8, 4) is 0 Å². The lowest BCUT2D eigenvalue weighted by molar-refractivity contribution is -0.133. The van der Waals surface area contributed by atoms with Gasteiger partial charge >= 0.3 is 0 Å². The Kier molecular flexibility index (Phi) is 6.60. The van der Waals surface area contributed by atoms with E-state index in [-0.39, 0.29) is 11.8 Å². The van der Waals surface area contributed by atoms with Crippen molar-refractivity contribution in [3.63, 3.8) is 0 Å². The number of carbonyl (C=O) groups is 2. The highest BCUT2D eigenvalue weighted by Crippen LogP contribution is 2.35. The molecule has 0 saturated carbocycles. The molecule has 0 unspecified atom stereocenters. The molecule has 2 aliphatic rings. The van der Waals surface area contributed by atoms with Gasteiger partial charge < -0.3 is 9.80 Å². The molecule has 7 nitrogen and oxygen atoms in total. The van der Waals surface area contributed by atoms with Crippen LogP contribution in [0.15, 0.2) is 5.03 Å². The van der Waals surface area contributed by atoms with Crippen LogP contribution in [0.25, 0.3) is 10.2 Å². The van der Waals surface area contributed by atoms with Gasteiger partial charge in [0.1, 0.15) is 15.7 Å². The molecule has 9 heteroatoms. The summed E-state index contributed by atoms with van der Waals surface area (Å²) in [6.07, 6.45) is 2.24. The van der Waals surface area contributed by atoms with E-state index in [0.29, 0.717) is 25.4 Å². The summed E-state index contributed by atoms with van der Waals surface area (Å²) < 4.78 is 0. The zero-order valence-corrected chi connectivity index (χ0v) is 19.6. The summed E-state index contributed by atoms with van der Waals surface area (Å²) in [5.74, 6) is 1.49. The van der Waals surface area contributed by atoms with Crippen LogP contribution < -0.4 is 0 Å². The highest BCUT2D eigenvalue weighted by molar-refractivity contribution is 8.00. The summed E-state index contributed by atoms with van der Waals surface area (Å²) in [6, 6.07) is 0. The van der Waals surface area contributed by atoms with Crippen molar-refractivity contribution in [2.24, 2.45) is 0 Å². The monoisotopic (exact) mass is 447 g/mol. The number of thioether (sulfide) groups is 1. The van der Waals surface area contributed by atoms with Crippen molar-refractivity contribution in [3.05, 3.63) is 16.3 Å². The number of likely N-dealkylation sites (tertiary alicyclic amines) is 1. The van der Waals surface area contributed by atoms with Gasteiger partial charge in [-0.25, -0.2) is 9.97 Å². The molecule has 0 radical (unpaired) electrons. The first kappa shape index (κ1) is 21.5. The lowest BCUT2D eigenvalue weighted by Gasteiger charge is -2.35. The largest absolute Gasteiger partial charge is 0.342 e. The van der Waals surface area contributed by atoms with Gasteiger partial charge in [0.25, 0.3) is 0 Å². The predicted octanol–water partition coefficient (Wildman–Crippen LogP) is 2.48. The van der Waals surface area contributed by atoms with Gasteiger partial charge in [-0.2, -0.15) is 0 Å². The smallest absolute Gasteiger partial charge is 0.236 e. The van der Waals surface area contributed by atoms with E-state index in [0.717, 1.165) is 60.1 Å². The van der Waals surface area contributed by atoms with E-state index < -0.39 is 0 Å². The summed E-state index contributed by atoms with van der Waals surface area (Å²) >= 11 is 3.20. The third kappa shape index (κ3) is 4.63. The van der Waals surface area contributed by atoms with Crippen LogP contribution in [0.1, 0.15) is 29.1 Å². The minimum Gasteiger partial charge on any atom is -0.342 e. The first-order chi connectivity index (χ1) is 14.4. The Balaban J connectivity index is 1.30. The van der Waals surface area contributed by atoms with Gasteiger partial charge in [-0.05, 0) is 39.2 Å². The van der Waals surface area contributed by atoms with Gasteiger partial charge in [0.2, 0.25) is 11.8 Å². The molecule has 4 heterocycles. The fraction of sp³-hybridized carbons (Fsp3) is 0.619. The number of hydrogen-bond donors (Lipinski definition) is 0. The van der Waals surface area contributed by atoms with Crippen LogP contribution in [0.3, 0.4) is 0 Å². The third-order valence-electron chi connectivity index (χ3n) is 5.98. The predicted molar refractivity (Wildman–Crippen MR) is 121 cm³/mol. The number of piperazine rings is 1. The number of thiophene rings is 1. The maximum atomic E-state index is 12.8. The molecule has 2 fully saturated rings. The Hall–Kier alpha value is -1.71. The van der Waals surface area contributed by atoms with Crippen LogP contribution in [0.5, 0.6) is 0 Å². The second-order valence-electron chi connectivity index (χ2n) is 8.07. The number of amides is 2. The fourth-order valence-corrected chi connectivity index (χ4v) is 6.23. The topological polar surface area (TPSA) is 69.6 Å². The maximum absolute atomic E-state index is 12.8. The van der Waals surface area contributed by atoms with Crippen LogP contribution in [0.2, 0.25) is 0 Å². The number of aryl methyl sites for hydroxylation is 3. The average Bonchev–Trinajstić information content (AvgIpc) is 3.35. The SMILES string of the molecule is Cc1nc(SCC(=O)N2CCN(CC(=O)N3CCCC3)CC2)c2c(C)c(C)sc2n1. The Morgan fingerprint density at radius 1 is 0.933 bits per heavy atom. The van der Waals surface area contributed by atoms with E-state index in [1.807, 2.05) is 16.7 Å². The normalized spacial score (nSPS) is 17.8. The molecule has 162 valence electrons. The molecule has 0 spiro atoms. The minimum atomic E-state index is 0.138. The summed E-state index contributed by atoms with van der Waals surface area (Å²) in [6.45, 7) is 11.3. The highest BCUT2D eigenvalue weighted by Gasteiger charge is 2.25. The number of rotatable bonds is 5. The molecule has 2 aliphatic heterocycles. The summed E-state index contributed by atoms with van der Waals surface area (Å²) in [4.78, 5) is 42.6. The highest BCUT2D eigenvalue weighted by atomic mass is 32.2. The average molecular weight is 448 g/mol. The number of hydrogen-bond acceptors (Lipinski definition) is 7. The quantitative estimate of drug-likeness (QED) is 0.518. The van der Waals surface area contributed by atoms with Gasteiger partial charge in [-0.1, -0.05) is 11.8 Å². The van der Waals surface area contributed by atoms with E-state index in [4.69, 9.17) is 0 Å². The minimum absolute atomic E-state index is 0.138. The molecule has 2 aromatic rings. The Morgan fingerprint density at radius 2 is 1.60 bits per heavy atom. The first-order valence-electron chi connectivity index (χ1n) is 10.6.